The second kappa shape index (κ2) is 11.6. The van der Waals surface area contributed by atoms with E-state index in [-0.39, 0.29) is 17.9 Å². The molecule has 0 fully saturated rings. The smallest absolute Gasteiger partial charge is 0.242 e. The average Bonchev–Trinajstić information content (AvgIpc) is 2.68. The molecule has 0 aliphatic rings. The highest BCUT2D eigenvalue weighted by molar-refractivity contribution is 9.10. The lowest BCUT2D eigenvalue weighted by Crippen LogP contribution is -2.49. The van der Waals surface area contributed by atoms with Crippen molar-refractivity contribution in [1.82, 2.24) is 10.2 Å². The van der Waals surface area contributed by atoms with Crippen LogP contribution in [-0.2, 0) is 16.1 Å². The molecule has 2 amide bonds. The van der Waals surface area contributed by atoms with E-state index in [0.29, 0.717) is 23.7 Å². The molecule has 0 bridgehead atoms. The van der Waals surface area contributed by atoms with E-state index in [1.54, 1.807) is 23.6 Å². The maximum atomic E-state index is 13.0. The van der Waals surface area contributed by atoms with E-state index in [9.17, 15) is 9.59 Å². The largest absolute Gasteiger partial charge is 0.352 e. The number of nitrogens with zero attached hydrogens (tertiary/aromatic N) is 1. The second-order valence-corrected chi connectivity index (χ2v) is 9.56. The molecule has 156 valence electrons. The van der Waals surface area contributed by atoms with Gasteiger partial charge in [0, 0.05) is 39.2 Å². The molecular formula is C22H26BrClN2O2S. The molecule has 1 atom stereocenters. The van der Waals surface area contributed by atoms with Crippen LogP contribution in [0.4, 0.5) is 0 Å². The number of nitrogens with one attached hydrogen (secondary N) is 1. The zero-order valence-corrected chi connectivity index (χ0v) is 20.0. The Balaban J connectivity index is 2.05. The van der Waals surface area contributed by atoms with E-state index < -0.39 is 6.04 Å². The van der Waals surface area contributed by atoms with Crippen molar-refractivity contribution >= 4 is 51.1 Å². The van der Waals surface area contributed by atoms with E-state index in [0.717, 1.165) is 14.9 Å². The van der Waals surface area contributed by atoms with E-state index in [1.807, 2.05) is 62.4 Å². The van der Waals surface area contributed by atoms with Gasteiger partial charge in [0.15, 0.2) is 0 Å². The van der Waals surface area contributed by atoms with Gasteiger partial charge in [-0.1, -0.05) is 39.7 Å². The van der Waals surface area contributed by atoms with Crippen molar-refractivity contribution in [2.45, 2.75) is 50.7 Å². The molecular weight excluding hydrogens is 472 g/mol. The first kappa shape index (κ1) is 23.8. The lowest BCUT2D eigenvalue weighted by atomic mass is 10.1. The SMILES string of the molecule is CC(C)NC(=O)C(C)N(Cc1ccc(Br)cc1)C(=O)CCSc1ccc(Cl)cc1. The maximum absolute atomic E-state index is 13.0. The summed E-state index contributed by atoms with van der Waals surface area (Å²) >= 11 is 10.9. The third-order valence-corrected chi connectivity index (χ3v) is 6.06. The van der Waals surface area contributed by atoms with Crippen LogP contribution in [0.25, 0.3) is 0 Å². The fraction of sp³-hybridized carbons (Fsp3) is 0.364. The summed E-state index contributed by atoms with van der Waals surface area (Å²) in [6.07, 6.45) is 0.350. The van der Waals surface area contributed by atoms with Gasteiger partial charge in [-0.05, 0) is 62.7 Å². The van der Waals surface area contributed by atoms with Crippen molar-refractivity contribution in [3.8, 4) is 0 Å². The third-order valence-electron chi connectivity index (χ3n) is 4.26. The van der Waals surface area contributed by atoms with Gasteiger partial charge in [0.05, 0.1) is 0 Å². The Morgan fingerprint density at radius 2 is 1.69 bits per heavy atom. The van der Waals surface area contributed by atoms with Gasteiger partial charge in [-0.2, -0.15) is 0 Å². The summed E-state index contributed by atoms with van der Waals surface area (Å²) in [5, 5.41) is 3.59. The van der Waals surface area contributed by atoms with Gasteiger partial charge in [-0.3, -0.25) is 9.59 Å². The monoisotopic (exact) mass is 496 g/mol. The number of carbonyl (C=O) groups is 2. The highest BCUT2D eigenvalue weighted by Gasteiger charge is 2.26. The Kier molecular flexibility index (Phi) is 9.53. The number of hydrogen-bond acceptors (Lipinski definition) is 3. The predicted octanol–water partition coefficient (Wildman–Crippen LogP) is 5.53. The fourth-order valence-corrected chi connectivity index (χ4v) is 3.94. The first-order chi connectivity index (χ1) is 13.8. The van der Waals surface area contributed by atoms with Gasteiger partial charge in [0.2, 0.25) is 11.8 Å². The van der Waals surface area contributed by atoms with E-state index in [2.05, 4.69) is 21.2 Å². The molecule has 29 heavy (non-hydrogen) atoms. The number of benzene rings is 2. The van der Waals surface area contributed by atoms with Crippen LogP contribution in [0.3, 0.4) is 0 Å². The molecule has 1 N–H and O–H groups in total. The molecule has 4 nitrogen and oxygen atoms in total. The van der Waals surface area contributed by atoms with Crippen molar-refractivity contribution in [3.05, 3.63) is 63.6 Å². The molecule has 0 saturated heterocycles. The Morgan fingerprint density at radius 3 is 2.28 bits per heavy atom. The molecule has 0 aliphatic carbocycles. The first-order valence-electron chi connectivity index (χ1n) is 9.49. The van der Waals surface area contributed by atoms with Crippen LogP contribution in [0.5, 0.6) is 0 Å². The highest BCUT2D eigenvalue weighted by atomic mass is 79.9. The van der Waals surface area contributed by atoms with Crippen LogP contribution in [-0.4, -0.2) is 34.6 Å². The summed E-state index contributed by atoms with van der Waals surface area (Å²) in [6, 6.07) is 14.8. The molecule has 0 heterocycles. The number of halogens is 2. The van der Waals surface area contributed by atoms with Gasteiger partial charge in [0.25, 0.3) is 0 Å². The van der Waals surface area contributed by atoms with Crippen LogP contribution >= 0.6 is 39.3 Å². The van der Waals surface area contributed by atoms with E-state index >= 15 is 0 Å². The lowest BCUT2D eigenvalue weighted by Gasteiger charge is -2.29. The summed E-state index contributed by atoms with van der Waals surface area (Å²) < 4.78 is 0.976. The summed E-state index contributed by atoms with van der Waals surface area (Å²) in [6.45, 7) is 5.99. The first-order valence-corrected chi connectivity index (χ1v) is 11.6. The minimum Gasteiger partial charge on any atom is -0.352 e. The molecule has 2 rings (SSSR count). The van der Waals surface area contributed by atoms with E-state index in [1.165, 1.54) is 0 Å². The average molecular weight is 498 g/mol. The minimum atomic E-state index is -0.547. The Bertz CT molecular complexity index is 813. The van der Waals surface area contributed by atoms with Crippen molar-refractivity contribution < 1.29 is 9.59 Å². The van der Waals surface area contributed by atoms with Gasteiger partial charge < -0.3 is 10.2 Å². The molecule has 2 aromatic carbocycles. The molecule has 0 saturated carbocycles. The van der Waals surface area contributed by atoms with Crippen molar-refractivity contribution in [1.29, 1.82) is 0 Å². The van der Waals surface area contributed by atoms with Crippen LogP contribution in [0.1, 0.15) is 32.8 Å². The number of rotatable bonds is 9. The van der Waals surface area contributed by atoms with E-state index in [4.69, 9.17) is 11.6 Å². The Hall–Kier alpha value is -1.50. The van der Waals surface area contributed by atoms with Gasteiger partial charge in [-0.15, -0.1) is 11.8 Å². The van der Waals surface area contributed by atoms with Gasteiger partial charge >= 0.3 is 0 Å². The zero-order valence-electron chi connectivity index (χ0n) is 16.8. The quantitative estimate of drug-likeness (QED) is 0.464. The molecule has 0 aliphatic heterocycles. The van der Waals surface area contributed by atoms with Gasteiger partial charge in [-0.25, -0.2) is 0 Å². The Labute approximate surface area is 190 Å². The normalized spacial score (nSPS) is 11.9. The predicted molar refractivity (Wildman–Crippen MR) is 124 cm³/mol. The van der Waals surface area contributed by atoms with Crippen molar-refractivity contribution in [2.75, 3.05) is 5.75 Å². The molecule has 0 spiro atoms. The summed E-state index contributed by atoms with van der Waals surface area (Å²) in [7, 11) is 0. The van der Waals surface area contributed by atoms with Crippen LogP contribution in [0, 0.1) is 0 Å². The highest BCUT2D eigenvalue weighted by Crippen LogP contribution is 2.22. The number of carbonyl (C=O) groups excluding carboxylic acids is 2. The fourth-order valence-electron chi connectivity index (χ4n) is 2.70. The van der Waals surface area contributed by atoms with Crippen molar-refractivity contribution in [3.63, 3.8) is 0 Å². The number of amides is 2. The molecule has 7 heteroatoms. The number of hydrogen-bond donors (Lipinski definition) is 1. The Morgan fingerprint density at radius 1 is 1.07 bits per heavy atom. The third kappa shape index (κ3) is 8.03. The second-order valence-electron chi connectivity index (χ2n) is 7.04. The molecule has 0 aromatic heterocycles. The minimum absolute atomic E-state index is 0.0232. The standard InChI is InChI=1S/C22H26BrClN2O2S/c1-15(2)25-22(28)16(3)26(14-17-4-6-18(23)7-5-17)21(27)12-13-29-20-10-8-19(24)9-11-20/h4-11,15-16H,12-14H2,1-3H3,(H,25,28). The molecule has 2 aromatic rings. The van der Waals surface area contributed by atoms with Crippen LogP contribution < -0.4 is 5.32 Å². The van der Waals surface area contributed by atoms with Gasteiger partial charge in [0.1, 0.15) is 6.04 Å². The number of thioether (sulfide) groups is 1. The maximum Gasteiger partial charge on any atom is 0.242 e. The zero-order chi connectivity index (χ0) is 21.4. The lowest BCUT2D eigenvalue weighted by molar-refractivity contribution is -0.140. The summed E-state index contributed by atoms with van der Waals surface area (Å²) in [5.74, 6) is 0.451. The summed E-state index contributed by atoms with van der Waals surface area (Å²) in [4.78, 5) is 28.3. The summed E-state index contributed by atoms with van der Waals surface area (Å²) in [5.41, 5.74) is 0.983. The molecule has 0 radical (unpaired) electrons. The molecule has 1 unspecified atom stereocenters. The van der Waals surface area contributed by atoms with Crippen LogP contribution in [0.15, 0.2) is 57.9 Å². The topological polar surface area (TPSA) is 49.4 Å². The van der Waals surface area contributed by atoms with Crippen LogP contribution in [0.2, 0.25) is 5.02 Å². The van der Waals surface area contributed by atoms with Crippen molar-refractivity contribution in [2.24, 2.45) is 0 Å².